The third kappa shape index (κ3) is 5.07. The fourth-order valence-electron chi connectivity index (χ4n) is 2.29. The quantitative estimate of drug-likeness (QED) is 0.688. The lowest BCUT2D eigenvalue weighted by molar-refractivity contribution is -0.123. The van der Waals surface area contributed by atoms with Crippen molar-refractivity contribution in [2.75, 3.05) is 13.2 Å². The van der Waals surface area contributed by atoms with Gasteiger partial charge < -0.3 is 14.5 Å². The zero-order chi connectivity index (χ0) is 18.4. The van der Waals surface area contributed by atoms with Crippen LogP contribution in [0.15, 0.2) is 52.9 Å². The molecule has 7 heteroatoms. The Morgan fingerprint density at radius 1 is 1.19 bits per heavy atom. The molecule has 1 amide bonds. The molecule has 1 heterocycles. The van der Waals surface area contributed by atoms with Crippen LogP contribution >= 0.6 is 11.6 Å². The van der Waals surface area contributed by atoms with Crippen LogP contribution in [0.5, 0.6) is 5.75 Å². The van der Waals surface area contributed by atoms with Gasteiger partial charge in [0.25, 0.3) is 5.91 Å². The minimum absolute atomic E-state index is 0.0694. The molecule has 0 aliphatic heterocycles. The van der Waals surface area contributed by atoms with Crippen molar-refractivity contribution in [3.05, 3.63) is 65.0 Å². The van der Waals surface area contributed by atoms with Crippen LogP contribution in [0.1, 0.15) is 11.5 Å². The van der Waals surface area contributed by atoms with Crippen LogP contribution in [0.3, 0.4) is 0 Å². The Morgan fingerprint density at radius 3 is 2.77 bits per heavy atom. The van der Waals surface area contributed by atoms with Gasteiger partial charge in [-0.3, -0.25) is 4.79 Å². The molecule has 26 heavy (non-hydrogen) atoms. The van der Waals surface area contributed by atoms with E-state index in [1.54, 1.807) is 24.3 Å². The van der Waals surface area contributed by atoms with E-state index in [0.717, 1.165) is 11.1 Å². The molecule has 6 nitrogen and oxygen atoms in total. The second kappa shape index (κ2) is 8.49. The Kier molecular flexibility index (Phi) is 5.86. The van der Waals surface area contributed by atoms with Crippen molar-refractivity contribution in [1.82, 2.24) is 15.5 Å². The summed E-state index contributed by atoms with van der Waals surface area (Å²) in [4.78, 5) is 11.8. The van der Waals surface area contributed by atoms with Crippen LogP contribution < -0.4 is 10.1 Å². The third-order valence-electron chi connectivity index (χ3n) is 3.58. The summed E-state index contributed by atoms with van der Waals surface area (Å²) in [5.41, 5.74) is 2.00. The lowest BCUT2D eigenvalue weighted by Crippen LogP contribution is -2.30. The SMILES string of the molecule is Cc1cccc(-c2nnc(CCNC(=O)COc3ccc(Cl)cc3)o2)c1. The molecule has 0 saturated heterocycles. The van der Waals surface area contributed by atoms with Crippen LogP contribution in [-0.2, 0) is 11.2 Å². The van der Waals surface area contributed by atoms with E-state index in [1.165, 1.54) is 0 Å². The van der Waals surface area contributed by atoms with E-state index < -0.39 is 0 Å². The molecule has 0 atom stereocenters. The Balaban J connectivity index is 1.43. The minimum atomic E-state index is -0.224. The zero-order valence-electron chi connectivity index (χ0n) is 14.2. The molecule has 0 radical (unpaired) electrons. The van der Waals surface area contributed by atoms with Crippen molar-refractivity contribution >= 4 is 17.5 Å². The maximum atomic E-state index is 11.8. The number of rotatable bonds is 7. The van der Waals surface area contributed by atoms with Crippen LogP contribution in [0.25, 0.3) is 11.5 Å². The Morgan fingerprint density at radius 2 is 2.00 bits per heavy atom. The second-order valence-electron chi connectivity index (χ2n) is 5.71. The summed E-state index contributed by atoms with van der Waals surface area (Å²) < 4.78 is 11.0. The van der Waals surface area contributed by atoms with Crippen molar-refractivity contribution in [2.24, 2.45) is 0 Å². The third-order valence-corrected chi connectivity index (χ3v) is 3.83. The second-order valence-corrected chi connectivity index (χ2v) is 6.15. The van der Waals surface area contributed by atoms with E-state index in [4.69, 9.17) is 20.8 Å². The monoisotopic (exact) mass is 371 g/mol. The number of benzene rings is 2. The fourth-order valence-corrected chi connectivity index (χ4v) is 2.41. The molecule has 0 spiro atoms. The highest BCUT2D eigenvalue weighted by Gasteiger charge is 2.09. The van der Waals surface area contributed by atoms with Gasteiger partial charge in [-0.2, -0.15) is 0 Å². The molecule has 0 unspecified atom stereocenters. The first-order chi connectivity index (χ1) is 12.6. The summed E-state index contributed by atoms with van der Waals surface area (Å²) >= 11 is 5.79. The van der Waals surface area contributed by atoms with Crippen LogP contribution in [0.2, 0.25) is 5.02 Å². The maximum Gasteiger partial charge on any atom is 0.257 e. The topological polar surface area (TPSA) is 77.2 Å². The Bertz CT molecular complexity index is 878. The highest BCUT2D eigenvalue weighted by Crippen LogP contribution is 2.19. The van der Waals surface area contributed by atoms with Gasteiger partial charge in [0.2, 0.25) is 11.8 Å². The highest BCUT2D eigenvalue weighted by atomic mass is 35.5. The minimum Gasteiger partial charge on any atom is -0.484 e. The molecule has 0 aliphatic carbocycles. The van der Waals surface area contributed by atoms with Gasteiger partial charge in [0.1, 0.15) is 5.75 Å². The Labute approximate surface area is 156 Å². The van der Waals surface area contributed by atoms with Gasteiger partial charge in [-0.05, 0) is 43.3 Å². The number of ether oxygens (including phenoxy) is 1. The number of nitrogens with one attached hydrogen (secondary N) is 1. The number of halogens is 1. The van der Waals surface area contributed by atoms with Gasteiger partial charge in [0, 0.05) is 23.6 Å². The molecule has 2 aromatic carbocycles. The number of hydrogen-bond acceptors (Lipinski definition) is 5. The molecule has 3 aromatic rings. The van der Waals surface area contributed by atoms with Gasteiger partial charge in [0.15, 0.2) is 6.61 Å². The van der Waals surface area contributed by atoms with Gasteiger partial charge in [-0.25, -0.2) is 0 Å². The van der Waals surface area contributed by atoms with E-state index in [0.29, 0.717) is 35.5 Å². The van der Waals surface area contributed by atoms with Crippen molar-refractivity contribution in [3.8, 4) is 17.2 Å². The van der Waals surface area contributed by atoms with Crippen LogP contribution in [0.4, 0.5) is 0 Å². The molecule has 134 valence electrons. The smallest absolute Gasteiger partial charge is 0.257 e. The van der Waals surface area contributed by atoms with E-state index in [9.17, 15) is 4.79 Å². The lowest BCUT2D eigenvalue weighted by atomic mass is 10.1. The molecule has 0 fully saturated rings. The first kappa shape index (κ1) is 17.9. The number of carbonyl (C=O) groups excluding carboxylic acids is 1. The highest BCUT2D eigenvalue weighted by molar-refractivity contribution is 6.30. The van der Waals surface area contributed by atoms with Gasteiger partial charge in [-0.1, -0.05) is 29.3 Å². The molecule has 0 saturated carbocycles. The molecule has 3 rings (SSSR count). The number of aryl methyl sites for hydroxylation is 1. The average molecular weight is 372 g/mol. The zero-order valence-corrected chi connectivity index (χ0v) is 15.0. The largest absolute Gasteiger partial charge is 0.484 e. The summed E-state index contributed by atoms with van der Waals surface area (Å²) in [6, 6.07) is 14.7. The number of amides is 1. The van der Waals surface area contributed by atoms with Gasteiger partial charge >= 0.3 is 0 Å². The van der Waals surface area contributed by atoms with E-state index in [2.05, 4.69) is 15.5 Å². The number of aromatic nitrogens is 2. The number of nitrogens with zero attached hydrogens (tertiary/aromatic N) is 2. The van der Waals surface area contributed by atoms with E-state index >= 15 is 0 Å². The molecule has 1 aromatic heterocycles. The summed E-state index contributed by atoms with van der Waals surface area (Å²) in [6.07, 6.45) is 0.450. The van der Waals surface area contributed by atoms with Crippen molar-refractivity contribution < 1.29 is 13.9 Å². The predicted octanol–water partition coefficient (Wildman–Crippen LogP) is 3.44. The molecular weight excluding hydrogens is 354 g/mol. The summed E-state index contributed by atoms with van der Waals surface area (Å²) in [5, 5.41) is 11.4. The Hall–Kier alpha value is -2.86. The van der Waals surface area contributed by atoms with Crippen molar-refractivity contribution in [1.29, 1.82) is 0 Å². The summed E-state index contributed by atoms with van der Waals surface area (Å²) in [6.45, 7) is 2.32. The normalized spacial score (nSPS) is 10.5. The molecule has 0 aliphatic rings. The first-order valence-electron chi connectivity index (χ1n) is 8.14. The summed E-state index contributed by atoms with van der Waals surface area (Å²) in [7, 11) is 0. The molecule has 1 N–H and O–H groups in total. The standard InChI is InChI=1S/C19H18ClN3O3/c1-13-3-2-4-14(11-13)19-23-22-18(26-19)9-10-21-17(24)12-25-16-7-5-15(20)6-8-16/h2-8,11H,9-10,12H2,1H3,(H,21,24). The van der Waals surface area contributed by atoms with Crippen LogP contribution in [0, 0.1) is 6.92 Å². The van der Waals surface area contributed by atoms with Crippen LogP contribution in [-0.4, -0.2) is 29.3 Å². The maximum absolute atomic E-state index is 11.8. The lowest BCUT2D eigenvalue weighted by Gasteiger charge is -2.06. The fraction of sp³-hybridized carbons (Fsp3) is 0.211. The summed E-state index contributed by atoms with van der Waals surface area (Å²) in [5.74, 6) is 1.31. The number of hydrogen-bond donors (Lipinski definition) is 1. The van der Waals surface area contributed by atoms with Crippen molar-refractivity contribution in [3.63, 3.8) is 0 Å². The average Bonchev–Trinajstić information content (AvgIpc) is 3.10. The van der Waals surface area contributed by atoms with Gasteiger partial charge in [-0.15, -0.1) is 10.2 Å². The predicted molar refractivity (Wildman–Crippen MR) is 98.1 cm³/mol. The van der Waals surface area contributed by atoms with E-state index in [1.807, 2.05) is 31.2 Å². The molecular formula is C19H18ClN3O3. The van der Waals surface area contributed by atoms with Crippen molar-refractivity contribution in [2.45, 2.75) is 13.3 Å². The van der Waals surface area contributed by atoms with E-state index in [-0.39, 0.29) is 12.5 Å². The molecule has 0 bridgehead atoms. The first-order valence-corrected chi connectivity index (χ1v) is 8.52. The van der Waals surface area contributed by atoms with Gasteiger partial charge in [0.05, 0.1) is 0 Å². The number of carbonyl (C=O) groups is 1.